The zero-order chi connectivity index (χ0) is 90.6. The van der Waals surface area contributed by atoms with Gasteiger partial charge in [-0.25, -0.2) is 0 Å². The van der Waals surface area contributed by atoms with E-state index in [4.69, 9.17) is 17.7 Å². The lowest BCUT2D eigenvalue weighted by atomic mass is 9.96. The summed E-state index contributed by atoms with van der Waals surface area (Å²) >= 11 is 0. The first-order chi connectivity index (χ1) is 67.4. The number of fused-ring (bicyclic) bond motifs is 24. The van der Waals surface area contributed by atoms with E-state index >= 15 is 0 Å². The minimum atomic E-state index is 0.618. The summed E-state index contributed by atoms with van der Waals surface area (Å²) in [6, 6.07) is 158. The summed E-state index contributed by atoms with van der Waals surface area (Å²) in [5, 5.41) is 57.9. The Balaban J connectivity index is 0.0000000965. The van der Waals surface area contributed by atoms with Crippen LogP contribution in [0.15, 0.2) is 454 Å². The van der Waals surface area contributed by atoms with Crippen molar-refractivity contribution in [1.29, 1.82) is 21.0 Å². The van der Waals surface area contributed by atoms with Crippen LogP contribution in [-0.4, -0.2) is 18.3 Å². The average Bonchev–Trinajstić information content (AvgIpc) is 1.57. The normalized spacial score (nSPS) is 11.5. The lowest BCUT2D eigenvalue weighted by molar-refractivity contribution is 0.669. The highest BCUT2D eigenvalue weighted by Crippen LogP contribution is 2.49. The highest BCUT2D eigenvalue weighted by molar-refractivity contribution is 6.19. The third-order valence-electron chi connectivity index (χ3n) is 26.6. The van der Waals surface area contributed by atoms with Crippen LogP contribution in [-0.2, 0) is 0 Å². The Hall–Kier alpha value is -19.2. The Morgan fingerprint density at radius 3 is 0.824 bits per heavy atom. The van der Waals surface area contributed by atoms with Gasteiger partial charge in [-0.3, -0.25) is 0 Å². The van der Waals surface area contributed by atoms with Crippen molar-refractivity contribution < 1.29 is 17.7 Å². The van der Waals surface area contributed by atoms with Crippen molar-refractivity contribution in [1.82, 2.24) is 18.3 Å². The van der Waals surface area contributed by atoms with E-state index in [-0.39, 0.29) is 0 Å². The maximum absolute atomic E-state index is 10.2. The minimum Gasteiger partial charge on any atom is -0.455 e. The molecule has 28 rings (SSSR count). The van der Waals surface area contributed by atoms with E-state index in [0.29, 0.717) is 22.3 Å². The zero-order valence-electron chi connectivity index (χ0n) is 72.8. The molecule has 0 aliphatic heterocycles. The summed E-state index contributed by atoms with van der Waals surface area (Å²) in [4.78, 5) is 0. The number of furan rings is 4. The molecule has 8 aromatic heterocycles. The Bertz CT molecular complexity index is 9570. The van der Waals surface area contributed by atoms with Crippen LogP contribution < -0.4 is 0 Å². The third kappa shape index (κ3) is 12.6. The van der Waals surface area contributed by atoms with Crippen LogP contribution in [0.5, 0.6) is 0 Å². The van der Waals surface area contributed by atoms with Crippen molar-refractivity contribution in [2.24, 2.45) is 0 Å². The highest BCUT2D eigenvalue weighted by Gasteiger charge is 2.28. The van der Waals surface area contributed by atoms with Crippen molar-refractivity contribution in [3.63, 3.8) is 0 Å². The van der Waals surface area contributed by atoms with Gasteiger partial charge >= 0.3 is 0 Å². The molecular formula is C124H72N8O4. The number of hydrogen-bond donors (Lipinski definition) is 0. The van der Waals surface area contributed by atoms with Crippen LogP contribution in [0.4, 0.5) is 0 Å². The number of para-hydroxylation sites is 17. The fourth-order valence-corrected chi connectivity index (χ4v) is 20.8. The third-order valence-corrected chi connectivity index (χ3v) is 26.6. The molecule has 8 heterocycles. The molecule has 20 aromatic carbocycles. The van der Waals surface area contributed by atoms with E-state index < -0.39 is 0 Å². The zero-order valence-corrected chi connectivity index (χ0v) is 72.8. The molecule has 0 bridgehead atoms. The van der Waals surface area contributed by atoms with Gasteiger partial charge in [0.15, 0.2) is 0 Å². The molecule has 12 heteroatoms. The number of nitrogens with zero attached hydrogens (tertiary/aromatic N) is 8. The first kappa shape index (κ1) is 79.0. The summed E-state index contributed by atoms with van der Waals surface area (Å²) in [7, 11) is 0. The number of benzene rings is 20. The summed E-state index contributed by atoms with van der Waals surface area (Å²) in [6.07, 6.45) is 0. The number of rotatable bonds is 8. The maximum atomic E-state index is 10.2. The topological polar surface area (TPSA) is 167 Å². The van der Waals surface area contributed by atoms with Crippen LogP contribution in [0.1, 0.15) is 22.3 Å². The van der Waals surface area contributed by atoms with Gasteiger partial charge < -0.3 is 35.9 Å². The molecule has 0 saturated heterocycles. The molecule has 12 nitrogen and oxygen atoms in total. The molecule has 0 amide bonds. The standard InChI is InChI=1S/4C31H18N2O/c32-19-20-9-7-17-28(33-26-15-4-1-10-21(26)22-11-2-5-16-27(22)33)30(20)25-14-8-13-24-23-12-3-6-18-29(23)34-31(24)25;32-19-20-9-7-13-24(26-15-8-14-25-23-12-3-6-18-29(23)34-31(25)26)30(20)33-27-16-4-1-10-21(27)22-11-2-5-17-28(22)33;32-19-20-16-17-23(25-11-7-12-26-24-10-3-6-15-30(24)34-31(25)26)29(18-20)33-27-13-4-1-8-21(27)22-9-2-5-14-28(22)33;32-19-20-16-17-29(33-27-13-4-1-8-21(27)22-9-2-5-14-28(22)33)26(18-20)25-12-7-11-24-23-10-3-6-15-30(23)34-31(24)25/h4*1-18H. The summed E-state index contributed by atoms with van der Waals surface area (Å²) in [5.41, 5.74) is 29.6. The van der Waals surface area contributed by atoms with E-state index in [1.54, 1.807) is 0 Å². The second kappa shape index (κ2) is 32.4. The van der Waals surface area contributed by atoms with E-state index in [1.165, 1.54) is 43.1 Å². The first-order valence-corrected chi connectivity index (χ1v) is 45.1. The van der Waals surface area contributed by atoms with E-state index in [2.05, 4.69) is 328 Å². The van der Waals surface area contributed by atoms with E-state index in [0.717, 1.165) is 199 Å². The summed E-state index contributed by atoms with van der Waals surface area (Å²) < 4.78 is 34.5. The lowest BCUT2D eigenvalue weighted by Crippen LogP contribution is -2.00. The fourth-order valence-electron chi connectivity index (χ4n) is 20.8. The molecule has 0 aliphatic rings. The highest BCUT2D eigenvalue weighted by atomic mass is 16.3. The van der Waals surface area contributed by atoms with Gasteiger partial charge in [-0.15, -0.1) is 0 Å². The molecule has 0 N–H and O–H groups in total. The van der Waals surface area contributed by atoms with Crippen LogP contribution in [0.25, 0.3) is 242 Å². The largest absolute Gasteiger partial charge is 0.455 e. The summed E-state index contributed by atoms with van der Waals surface area (Å²) in [5.74, 6) is 0. The molecule has 0 atom stereocenters. The first-order valence-electron chi connectivity index (χ1n) is 45.1. The number of hydrogen-bond acceptors (Lipinski definition) is 8. The molecule has 0 unspecified atom stereocenters. The second-order valence-corrected chi connectivity index (χ2v) is 33.9. The molecule has 0 spiro atoms. The van der Waals surface area contributed by atoms with Crippen molar-refractivity contribution in [2.45, 2.75) is 0 Å². The minimum absolute atomic E-state index is 0.618. The monoisotopic (exact) mass is 1740 g/mol. The quantitative estimate of drug-likeness (QED) is 0.145. The van der Waals surface area contributed by atoms with Crippen molar-refractivity contribution in [3.05, 3.63) is 459 Å². The van der Waals surface area contributed by atoms with Gasteiger partial charge in [0.05, 0.1) is 107 Å². The Morgan fingerprint density at radius 1 is 0.169 bits per heavy atom. The molecule has 632 valence electrons. The van der Waals surface area contributed by atoms with Gasteiger partial charge in [-0.2, -0.15) is 21.0 Å². The Morgan fingerprint density at radius 2 is 0.441 bits per heavy atom. The number of nitriles is 4. The molecule has 0 saturated carbocycles. The smallest absolute Gasteiger partial charge is 0.143 e. The number of aromatic nitrogens is 4. The van der Waals surface area contributed by atoms with Crippen LogP contribution in [0.3, 0.4) is 0 Å². The van der Waals surface area contributed by atoms with Gasteiger partial charge in [0.2, 0.25) is 0 Å². The predicted molar refractivity (Wildman–Crippen MR) is 553 cm³/mol. The fraction of sp³-hybridized carbons (Fsp3) is 0. The molecule has 0 aliphatic carbocycles. The SMILES string of the molecule is N#Cc1ccc(-c2cccc3c2oc2ccccc23)c(-n2c3ccccc3c3ccccc32)c1.N#Cc1ccc(-n2c3ccccc3c3ccccc32)c(-c2cccc3c2oc2ccccc23)c1.N#Cc1cccc(-c2cccc3c2oc2ccccc23)c1-n1c2ccccc2c2ccccc21.N#Cc1cccc(-n2c3ccccc3c3ccccc32)c1-c1cccc2c1oc1ccccc12. The van der Waals surface area contributed by atoms with E-state index in [9.17, 15) is 21.0 Å². The van der Waals surface area contributed by atoms with Gasteiger partial charge in [-0.05, 0) is 121 Å². The Kier molecular flexibility index (Phi) is 18.8. The van der Waals surface area contributed by atoms with Crippen LogP contribution in [0.2, 0.25) is 0 Å². The van der Waals surface area contributed by atoms with Crippen molar-refractivity contribution in [2.75, 3.05) is 0 Å². The maximum Gasteiger partial charge on any atom is 0.143 e. The van der Waals surface area contributed by atoms with E-state index in [1.807, 2.05) is 152 Å². The van der Waals surface area contributed by atoms with Gasteiger partial charge in [-0.1, -0.05) is 315 Å². The van der Waals surface area contributed by atoms with Crippen LogP contribution >= 0.6 is 0 Å². The van der Waals surface area contributed by atoms with Gasteiger partial charge in [0.1, 0.15) is 50.7 Å². The molecule has 0 fully saturated rings. The van der Waals surface area contributed by atoms with Crippen molar-refractivity contribution in [3.8, 4) is 91.5 Å². The van der Waals surface area contributed by atoms with Crippen LogP contribution in [0, 0.1) is 45.3 Å². The Labute approximate surface area is 777 Å². The molecule has 136 heavy (non-hydrogen) atoms. The predicted octanol–water partition coefficient (Wildman–Crippen LogP) is 32.9. The van der Waals surface area contributed by atoms with Gasteiger partial charge in [0, 0.05) is 131 Å². The molecule has 28 aromatic rings. The molecular weight excluding hydrogens is 1670 g/mol. The molecule has 0 radical (unpaired) electrons. The van der Waals surface area contributed by atoms with Gasteiger partial charge in [0.25, 0.3) is 0 Å². The lowest BCUT2D eigenvalue weighted by Gasteiger charge is -2.16. The summed E-state index contributed by atoms with van der Waals surface area (Å²) in [6.45, 7) is 0. The average molecular weight is 1740 g/mol. The second-order valence-electron chi connectivity index (χ2n) is 33.9. The van der Waals surface area contributed by atoms with Crippen molar-refractivity contribution >= 4 is 175 Å².